The number of benzene rings is 1. The highest BCUT2D eigenvalue weighted by Gasteiger charge is 2.26. The van der Waals surface area contributed by atoms with Crippen LogP contribution in [-0.4, -0.2) is 18.1 Å². The molecule has 2 heteroatoms. The van der Waals surface area contributed by atoms with Crippen molar-refractivity contribution < 1.29 is 0 Å². The molecule has 0 spiro atoms. The summed E-state index contributed by atoms with van der Waals surface area (Å²) >= 11 is 2.12. The second-order valence-corrected chi connectivity index (χ2v) is 6.02. The standard InChI is InChI=1S/C14H21NS/c1-10-6-7-12(11(2)9-10)14(15-3)13-5-4-8-16-13/h6-7,9,13-15H,4-5,8H2,1-3H3. The molecule has 1 saturated heterocycles. The molecule has 1 nitrogen and oxygen atoms in total. The number of hydrogen-bond donors (Lipinski definition) is 1. The molecule has 1 aliphatic heterocycles. The van der Waals surface area contributed by atoms with E-state index in [0.29, 0.717) is 6.04 Å². The first-order valence-electron chi connectivity index (χ1n) is 6.08. The maximum absolute atomic E-state index is 3.50. The normalized spacial score (nSPS) is 22.3. The van der Waals surface area contributed by atoms with E-state index < -0.39 is 0 Å². The van der Waals surface area contributed by atoms with Gasteiger partial charge in [0.05, 0.1) is 0 Å². The molecule has 1 fully saturated rings. The van der Waals surface area contributed by atoms with E-state index in [2.05, 4.69) is 56.2 Å². The lowest BCUT2D eigenvalue weighted by atomic mass is 9.95. The van der Waals surface area contributed by atoms with E-state index in [1.807, 2.05) is 0 Å². The molecule has 0 bridgehead atoms. The summed E-state index contributed by atoms with van der Waals surface area (Å²) in [5, 5.41) is 4.26. The van der Waals surface area contributed by atoms with E-state index in [0.717, 1.165) is 5.25 Å². The largest absolute Gasteiger partial charge is 0.312 e. The fraction of sp³-hybridized carbons (Fsp3) is 0.571. The van der Waals surface area contributed by atoms with Crippen LogP contribution in [-0.2, 0) is 0 Å². The second-order valence-electron chi connectivity index (χ2n) is 4.68. The summed E-state index contributed by atoms with van der Waals surface area (Å²) in [5.74, 6) is 1.33. The average molecular weight is 235 g/mol. The number of nitrogens with one attached hydrogen (secondary N) is 1. The molecule has 2 atom stereocenters. The number of hydrogen-bond acceptors (Lipinski definition) is 2. The fourth-order valence-electron chi connectivity index (χ4n) is 2.58. The first kappa shape index (κ1) is 12.0. The maximum Gasteiger partial charge on any atom is 0.0440 e. The van der Waals surface area contributed by atoms with Crippen molar-refractivity contribution in [3.63, 3.8) is 0 Å². The molecule has 2 unspecified atom stereocenters. The summed E-state index contributed by atoms with van der Waals surface area (Å²) in [4.78, 5) is 0. The minimum atomic E-state index is 0.521. The summed E-state index contributed by atoms with van der Waals surface area (Å²) in [6, 6.07) is 7.34. The van der Waals surface area contributed by atoms with Gasteiger partial charge in [-0.05, 0) is 50.6 Å². The van der Waals surface area contributed by atoms with Gasteiger partial charge in [0.1, 0.15) is 0 Å². The van der Waals surface area contributed by atoms with Crippen LogP contribution in [0.3, 0.4) is 0 Å². The summed E-state index contributed by atoms with van der Waals surface area (Å²) in [6.07, 6.45) is 2.72. The zero-order valence-electron chi connectivity index (χ0n) is 10.4. The zero-order valence-corrected chi connectivity index (χ0v) is 11.2. The van der Waals surface area contributed by atoms with E-state index in [-0.39, 0.29) is 0 Å². The van der Waals surface area contributed by atoms with Crippen LogP contribution in [0, 0.1) is 13.8 Å². The van der Waals surface area contributed by atoms with Crippen molar-refractivity contribution in [3.05, 3.63) is 34.9 Å². The van der Waals surface area contributed by atoms with Crippen LogP contribution in [0.4, 0.5) is 0 Å². The molecule has 0 amide bonds. The van der Waals surface area contributed by atoms with Crippen molar-refractivity contribution in [1.82, 2.24) is 5.32 Å². The molecule has 1 heterocycles. The molecule has 2 rings (SSSR count). The maximum atomic E-state index is 3.50. The highest BCUT2D eigenvalue weighted by molar-refractivity contribution is 8.00. The van der Waals surface area contributed by atoms with Gasteiger partial charge < -0.3 is 5.32 Å². The zero-order chi connectivity index (χ0) is 11.5. The van der Waals surface area contributed by atoms with Gasteiger partial charge in [-0.3, -0.25) is 0 Å². The van der Waals surface area contributed by atoms with Crippen LogP contribution >= 0.6 is 11.8 Å². The van der Waals surface area contributed by atoms with Gasteiger partial charge in [0.2, 0.25) is 0 Å². The smallest absolute Gasteiger partial charge is 0.0440 e. The summed E-state index contributed by atoms with van der Waals surface area (Å²) < 4.78 is 0. The highest BCUT2D eigenvalue weighted by Crippen LogP contribution is 2.36. The van der Waals surface area contributed by atoms with Crippen LogP contribution in [0.15, 0.2) is 18.2 Å². The van der Waals surface area contributed by atoms with E-state index in [4.69, 9.17) is 0 Å². The monoisotopic (exact) mass is 235 g/mol. The topological polar surface area (TPSA) is 12.0 Å². The lowest BCUT2D eigenvalue weighted by molar-refractivity contribution is 0.549. The Morgan fingerprint density at radius 1 is 1.38 bits per heavy atom. The Morgan fingerprint density at radius 2 is 2.19 bits per heavy atom. The lowest BCUT2D eigenvalue weighted by Gasteiger charge is -2.24. The van der Waals surface area contributed by atoms with E-state index in [1.54, 1.807) is 0 Å². The van der Waals surface area contributed by atoms with Crippen LogP contribution in [0.2, 0.25) is 0 Å². The fourth-order valence-corrected chi connectivity index (χ4v) is 4.03. The van der Waals surface area contributed by atoms with Gasteiger partial charge in [0.15, 0.2) is 0 Å². The Hall–Kier alpha value is -0.470. The Kier molecular flexibility index (Phi) is 3.93. The predicted octanol–water partition coefficient (Wildman–Crippen LogP) is 3.46. The summed E-state index contributed by atoms with van der Waals surface area (Å²) in [5.41, 5.74) is 4.26. The molecule has 1 aromatic carbocycles. The lowest BCUT2D eigenvalue weighted by Crippen LogP contribution is -2.26. The minimum Gasteiger partial charge on any atom is -0.312 e. The Balaban J connectivity index is 2.25. The summed E-state index contributed by atoms with van der Waals surface area (Å²) in [6.45, 7) is 4.39. The average Bonchev–Trinajstić information content (AvgIpc) is 2.75. The summed E-state index contributed by atoms with van der Waals surface area (Å²) in [7, 11) is 2.09. The third-order valence-electron chi connectivity index (χ3n) is 3.41. The van der Waals surface area contributed by atoms with Gasteiger partial charge in [0, 0.05) is 11.3 Å². The number of aryl methyl sites for hydroxylation is 2. The van der Waals surface area contributed by atoms with Crippen molar-refractivity contribution in [2.75, 3.05) is 12.8 Å². The van der Waals surface area contributed by atoms with E-state index >= 15 is 0 Å². The van der Waals surface area contributed by atoms with Gasteiger partial charge in [0.25, 0.3) is 0 Å². The molecule has 0 saturated carbocycles. The van der Waals surface area contributed by atoms with Crippen molar-refractivity contribution in [1.29, 1.82) is 0 Å². The van der Waals surface area contributed by atoms with E-state index in [9.17, 15) is 0 Å². The molecule has 0 radical (unpaired) electrons. The Morgan fingerprint density at radius 3 is 2.75 bits per heavy atom. The van der Waals surface area contributed by atoms with Crippen molar-refractivity contribution >= 4 is 11.8 Å². The third kappa shape index (κ3) is 2.44. The first-order chi connectivity index (χ1) is 7.72. The molecule has 16 heavy (non-hydrogen) atoms. The SMILES string of the molecule is CNC(c1ccc(C)cc1C)C1CCCS1. The predicted molar refractivity (Wildman–Crippen MR) is 73.2 cm³/mol. The molecular formula is C14H21NS. The number of rotatable bonds is 3. The molecule has 88 valence electrons. The van der Waals surface area contributed by atoms with Crippen LogP contribution in [0.5, 0.6) is 0 Å². The van der Waals surface area contributed by atoms with Gasteiger partial charge in [-0.2, -0.15) is 11.8 Å². The van der Waals surface area contributed by atoms with Crippen LogP contribution < -0.4 is 5.32 Å². The van der Waals surface area contributed by atoms with Crippen LogP contribution in [0.25, 0.3) is 0 Å². The third-order valence-corrected chi connectivity index (χ3v) is 4.87. The first-order valence-corrected chi connectivity index (χ1v) is 7.13. The molecule has 0 aromatic heterocycles. The van der Waals surface area contributed by atoms with Crippen molar-refractivity contribution in [2.45, 2.75) is 38.0 Å². The van der Waals surface area contributed by atoms with Gasteiger partial charge in [-0.15, -0.1) is 0 Å². The Bertz CT molecular complexity index is 356. The highest BCUT2D eigenvalue weighted by atomic mass is 32.2. The molecule has 1 N–H and O–H groups in total. The van der Waals surface area contributed by atoms with Gasteiger partial charge in [-0.25, -0.2) is 0 Å². The Labute approximate surface area is 103 Å². The van der Waals surface area contributed by atoms with Gasteiger partial charge in [-0.1, -0.05) is 23.8 Å². The second kappa shape index (κ2) is 5.24. The van der Waals surface area contributed by atoms with Crippen molar-refractivity contribution in [3.8, 4) is 0 Å². The van der Waals surface area contributed by atoms with Crippen LogP contribution in [0.1, 0.15) is 35.6 Å². The molecule has 1 aliphatic rings. The van der Waals surface area contributed by atoms with Crippen molar-refractivity contribution in [2.24, 2.45) is 0 Å². The molecule has 1 aromatic rings. The van der Waals surface area contributed by atoms with Gasteiger partial charge >= 0.3 is 0 Å². The number of thioether (sulfide) groups is 1. The molecule has 0 aliphatic carbocycles. The minimum absolute atomic E-state index is 0.521. The molecular weight excluding hydrogens is 214 g/mol. The van der Waals surface area contributed by atoms with E-state index in [1.165, 1.54) is 35.3 Å². The quantitative estimate of drug-likeness (QED) is 0.861.